The SMILES string of the molecule is O=C1CCC(NSc2ccc(S(=O)Nc3ccc(Cl)c4c(Cl)c[nH]c34)cc2)CN1. The number of benzene rings is 2. The molecule has 0 spiro atoms. The molecular formula is C19H18Cl2N4O2S2. The van der Waals surface area contributed by atoms with Crippen LogP contribution in [0.3, 0.4) is 0 Å². The first-order valence-corrected chi connectivity index (χ1v) is 11.7. The van der Waals surface area contributed by atoms with Crippen molar-refractivity contribution < 1.29 is 9.00 Å². The summed E-state index contributed by atoms with van der Waals surface area (Å²) in [6.07, 6.45) is 3.03. The van der Waals surface area contributed by atoms with E-state index in [9.17, 15) is 9.00 Å². The highest BCUT2D eigenvalue weighted by Gasteiger charge is 2.17. The summed E-state index contributed by atoms with van der Waals surface area (Å²) in [5.41, 5.74) is 1.38. The third-order valence-electron chi connectivity index (χ3n) is 4.59. The third kappa shape index (κ3) is 4.73. The largest absolute Gasteiger partial charge is 0.358 e. The van der Waals surface area contributed by atoms with E-state index in [1.54, 1.807) is 18.3 Å². The van der Waals surface area contributed by atoms with Gasteiger partial charge in [0.1, 0.15) is 11.0 Å². The molecule has 2 unspecified atom stereocenters. The Morgan fingerprint density at radius 1 is 1.10 bits per heavy atom. The van der Waals surface area contributed by atoms with Crippen LogP contribution in [0.15, 0.2) is 52.4 Å². The minimum Gasteiger partial charge on any atom is -0.358 e. The van der Waals surface area contributed by atoms with Crippen LogP contribution in [0.5, 0.6) is 0 Å². The molecular weight excluding hydrogens is 451 g/mol. The van der Waals surface area contributed by atoms with Crippen LogP contribution in [-0.4, -0.2) is 27.7 Å². The van der Waals surface area contributed by atoms with Crippen LogP contribution in [0.4, 0.5) is 5.69 Å². The van der Waals surface area contributed by atoms with Gasteiger partial charge in [0, 0.05) is 35.5 Å². The number of rotatable bonds is 6. The molecule has 1 amide bonds. The minimum atomic E-state index is -1.44. The van der Waals surface area contributed by atoms with Crippen LogP contribution in [-0.2, 0) is 15.8 Å². The Kier molecular flexibility index (Phi) is 6.36. The van der Waals surface area contributed by atoms with Crippen molar-refractivity contribution in [2.24, 2.45) is 0 Å². The van der Waals surface area contributed by atoms with Crippen molar-refractivity contribution in [1.82, 2.24) is 15.0 Å². The summed E-state index contributed by atoms with van der Waals surface area (Å²) >= 11 is 13.9. The Morgan fingerprint density at radius 2 is 1.90 bits per heavy atom. The lowest BCUT2D eigenvalue weighted by molar-refractivity contribution is -0.122. The molecule has 10 heteroatoms. The van der Waals surface area contributed by atoms with Crippen molar-refractivity contribution in [2.75, 3.05) is 11.3 Å². The molecule has 4 N–H and O–H groups in total. The number of carbonyl (C=O) groups is 1. The molecule has 1 aromatic heterocycles. The second kappa shape index (κ2) is 8.97. The van der Waals surface area contributed by atoms with E-state index < -0.39 is 11.0 Å². The van der Waals surface area contributed by atoms with Crippen LogP contribution in [0.25, 0.3) is 10.9 Å². The average Bonchev–Trinajstić information content (AvgIpc) is 3.13. The van der Waals surface area contributed by atoms with Gasteiger partial charge in [-0.05, 0) is 54.8 Å². The number of amides is 1. The summed E-state index contributed by atoms with van der Waals surface area (Å²) in [4.78, 5) is 15.9. The fourth-order valence-corrected chi connectivity index (χ4v) is 5.23. The number of fused-ring (bicyclic) bond motifs is 1. The van der Waals surface area contributed by atoms with Gasteiger partial charge in [-0.25, -0.2) is 4.21 Å². The maximum absolute atomic E-state index is 12.8. The Bertz CT molecular complexity index is 1060. The second-order valence-electron chi connectivity index (χ2n) is 6.58. The number of carbonyl (C=O) groups excluding carboxylic acids is 1. The maximum atomic E-state index is 12.8. The van der Waals surface area contributed by atoms with Crippen LogP contribution >= 0.6 is 35.1 Å². The van der Waals surface area contributed by atoms with E-state index >= 15 is 0 Å². The van der Waals surface area contributed by atoms with Crippen molar-refractivity contribution in [3.63, 3.8) is 0 Å². The molecule has 2 heterocycles. The van der Waals surface area contributed by atoms with Crippen LogP contribution < -0.4 is 14.8 Å². The number of anilines is 1. The number of hydrogen-bond acceptors (Lipinski definition) is 4. The molecule has 29 heavy (non-hydrogen) atoms. The highest BCUT2D eigenvalue weighted by atomic mass is 35.5. The number of hydrogen-bond donors (Lipinski definition) is 4. The lowest BCUT2D eigenvalue weighted by Gasteiger charge is -2.22. The highest BCUT2D eigenvalue weighted by molar-refractivity contribution is 7.97. The zero-order valence-corrected chi connectivity index (χ0v) is 18.3. The van der Waals surface area contributed by atoms with Crippen molar-refractivity contribution in [3.05, 3.63) is 52.6 Å². The quantitative estimate of drug-likeness (QED) is 0.401. The van der Waals surface area contributed by atoms with Gasteiger partial charge in [-0.1, -0.05) is 23.2 Å². The van der Waals surface area contributed by atoms with E-state index in [2.05, 4.69) is 19.7 Å². The van der Waals surface area contributed by atoms with Crippen molar-refractivity contribution in [1.29, 1.82) is 0 Å². The lowest BCUT2D eigenvalue weighted by atomic mass is 10.1. The lowest BCUT2D eigenvalue weighted by Crippen LogP contribution is -2.43. The van der Waals surface area contributed by atoms with Gasteiger partial charge >= 0.3 is 0 Å². The Labute approximate surface area is 184 Å². The molecule has 0 radical (unpaired) electrons. The predicted octanol–water partition coefficient (Wildman–Crippen LogP) is 4.48. The van der Waals surface area contributed by atoms with E-state index in [4.69, 9.17) is 23.2 Å². The summed E-state index contributed by atoms with van der Waals surface area (Å²) < 4.78 is 19.1. The Hall–Kier alpha value is -1.71. The number of aromatic amines is 1. The molecule has 0 saturated carbocycles. The number of nitrogens with one attached hydrogen (secondary N) is 4. The van der Waals surface area contributed by atoms with Crippen molar-refractivity contribution in [2.45, 2.75) is 28.7 Å². The molecule has 6 nitrogen and oxygen atoms in total. The first-order chi connectivity index (χ1) is 14.0. The second-order valence-corrected chi connectivity index (χ2v) is 9.52. The fraction of sp³-hybridized carbons (Fsp3) is 0.211. The van der Waals surface area contributed by atoms with E-state index in [1.807, 2.05) is 24.3 Å². The van der Waals surface area contributed by atoms with Gasteiger partial charge in [0.15, 0.2) is 0 Å². The van der Waals surface area contributed by atoms with Crippen molar-refractivity contribution >= 4 is 68.6 Å². The van der Waals surface area contributed by atoms with E-state index in [0.717, 1.165) is 11.3 Å². The van der Waals surface area contributed by atoms with Crippen molar-refractivity contribution in [3.8, 4) is 0 Å². The zero-order valence-electron chi connectivity index (χ0n) is 15.1. The molecule has 1 fully saturated rings. The normalized spacial score (nSPS) is 17.9. The van der Waals surface area contributed by atoms with Crippen LogP contribution in [0.1, 0.15) is 12.8 Å². The van der Waals surface area contributed by atoms with Gasteiger partial charge < -0.3 is 10.3 Å². The smallest absolute Gasteiger partial charge is 0.220 e. The minimum absolute atomic E-state index is 0.104. The molecule has 2 atom stereocenters. The van der Waals surface area contributed by atoms with Crippen LogP contribution in [0.2, 0.25) is 10.0 Å². The molecule has 4 rings (SSSR count). The number of aromatic nitrogens is 1. The van der Waals surface area contributed by atoms with Gasteiger partial charge in [-0.2, -0.15) is 0 Å². The standard InChI is InChI=1S/C19H18Cl2N4O2S2/c20-14-6-7-16(19-18(14)15(21)10-23-19)25-29(27)13-4-2-12(3-5-13)28-24-11-1-8-17(26)22-9-11/h2-7,10-11,23-25H,1,8-9H2,(H,22,26). The monoisotopic (exact) mass is 468 g/mol. The van der Waals surface area contributed by atoms with Gasteiger partial charge in [0.25, 0.3) is 0 Å². The highest BCUT2D eigenvalue weighted by Crippen LogP contribution is 2.35. The number of piperidine rings is 1. The molecule has 3 aromatic rings. The first kappa shape index (κ1) is 20.6. The molecule has 0 aliphatic carbocycles. The van der Waals surface area contributed by atoms with E-state index in [0.29, 0.717) is 44.5 Å². The van der Waals surface area contributed by atoms with E-state index in [1.165, 1.54) is 11.9 Å². The van der Waals surface area contributed by atoms with Gasteiger partial charge in [-0.3, -0.25) is 14.2 Å². The van der Waals surface area contributed by atoms with Crippen LogP contribution in [0, 0.1) is 0 Å². The summed E-state index contributed by atoms with van der Waals surface area (Å²) in [6.45, 7) is 0.635. The summed E-state index contributed by atoms with van der Waals surface area (Å²) in [5.74, 6) is 0.104. The molecule has 1 aliphatic rings. The zero-order chi connectivity index (χ0) is 20.4. The summed E-state index contributed by atoms with van der Waals surface area (Å²) in [7, 11) is -1.44. The number of H-pyrrole nitrogens is 1. The van der Waals surface area contributed by atoms with Gasteiger partial charge in [-0.15, -0.1) is 0 Å². The molecule has 2 aromatic carbocycles. The van der Waals surface area contributed by atoms with Gasteiger partial charge in [0.2, 0.25) is 5.91 Å². The molecule has 1 saturated heterocycles. The molecule has 0 bridgehead atoms. The Balaban J connectivity index is 1.40. The first-order valence-electron chi connectivity index (χ1n) is 8.94. The topological polar surface area (TPSA) is 86.0 Å². The maximum Gasteiger partial charge on any atom is 0.220 e. The number of halogens is 2. The molecule has 1 aliphatic heterocycles. The molecule has 152 valence electrons. The van der Waals surface area contributed by atoms with Gasteiger partial charge in [0.05, 0.1) is 26.1 Å². The summed E-state index contributed by atoms with van der Waals surface area (Å²) in [6, 6.07) is 11.2. The average molecular weight is 469 g/mol. The Morgan fingerprint density at radius 3 is 2.62 bits per heavy atom. The third-order valence-corrected chi connectivity index (χ3v) is 7.26. The fourth-order valence-electron chi connectivity index (χ4n) is 3.03. The summed E-state index contributed by atoms with van der Waals surface area (Å²) in [5, 5.41) is 4.61. The van der Waals surface area contributed by atoms with E-state index in [-0.39, 0.29) is 11.9 Å². The predicted molar refractivity (Wildman–Crippen MR) is 120 cm³/mol.